The van der Waals surface area contributed by atoms with Crippen LogP contribution in [-0.4, -0.2) is 0 Å². The van der Waals surface area contributed by atoms with Gasteiger partial charge in [0.2, 0.25) is 0 Å². The molecule has 126 valence electrons. The lowest BCUT2D eigenvalue weighted by atomic mass is 9.82. The number of benzene rings is 2. The minimum atomic E-state index is 0.138. The van der Waals surface area contributed by atoms with E-state index < -0.39 is 0 Å². The first-order chi connectivity index (χ1) is 11.0. The Hall–Kier alpha value is -1.76. The van der Waals surface area contributed by atoms with Crippen molar-refractivity contribution in [3.05, 3.63) is 47.0 Å². The van der Waals surface area contributed by atoms with Crippen molar-refractivity contribution in [1.82, 2.24) is 0 Å². The smallest absolute Gasteiger partial charge is 0.135 e. The van der Waals surface area contributed by atoms with Crippen LogP contribution < -0.4 is 0 Å². The second kappa shape index (κ2) is 4.45. The van der Waals surface area contributed by atoms with Gasteiger partial charge >= 0.3 is 0 Å². The Morgan fingerprint density at radius 3 is 2.00 bits per heavy atom. The molecule has 1 heterocycles. The molecule has 0 unspecified atom stereocenters. The molecular weight excluding hydrogens is 292 g/mol. The number of fused-ring (bicyclic) bond motifs is 4. The molecule has 1 heteroatoms. The molecule has 24 heavy (non-hydrogen) atoms. The third-order valence-electron chi connectivity index (χ3n) is 5.82. The first-order valence-electron chi connectivity index (χ1n) is 9.01. The Kier molecular flexibility index (Phi) is 2.92. The molecule has 0 saturated heterocycles. The van der Waals surface area contributed by atoms with Crippen LogP contribution in [0.25, 0.3) is 21.9 Å². The van der Waals surface area contributed by atoms with Gasteiger partial charge < -0.3 is 4.42 Å². The first-order valence-corrected chi connectivity index (χ1v) is 9.01. The second-order valence-corrected chi connectivity index (χ2v) is 9.90. The summed E-state index contributed by atoms with van der Waals surface area (Å²) in [5, 5.41) is 2.50. The number of furan rings is 1. The lowest BCUT2D eigenvalue weighted by Crippen LogP contribution is -2.17. The van der Waals surface area contributed by atoms with Crippen molar-refractivity contribution in [2.75, 3.05) is 0 Å². The molecule has 0 amide bonds. The Morgan fingerprint density at radius 1 is 0.792 bits per heavy atom. The molecule has 2 aromatic carbocycles. The van der Waals surface area contributed by atoms with E-state index in [1.807, 2.05) is 0 Å². The summed E-state index contributed by atoms with van der Waals surface area (Å²) in [6, 6.07) is 11.4. The topological polar surface area (TPSA) is 13.1 Å². The number of hydrogen-bond donors (Lipinski definition) is 0. The van der Waals surface area contributed by atoms with E-state index in [1.165, 1.54) is 33.9 Å². The van der Waals surface area contributed by atoms with Crippen molar-refractivity contribution in [1.29, 1.82) is 0 Å². The predicted molar refractivity (Wildman–Crippen MR) is 103 cm³/mol. The molecule has 0 radical (unpaired) electrons. The summed E-state index contributed by atoms with van der Waals surface area (Å²) in [4.78, 5) is 0. The molecule has 0 fully saturated rings. The standard InChI is InChI=1S/C23H28O/c1-21(2,3)14-8-9-15-16-11-17-18(12-20(16)24-19(15)10-14)23(6,7)13-22(17,4)5/h8-12H,13H2,1-7H3. The predicted octanol–water partition coefficient (Wildman–Crippen LogP) is 6.84. The van der Waals surface area contributed by atoms with E-state index in [0.717, 1.165) is 11.2 Å². The zero-order valence-electron chi connectivity index (χ0n) is 16.0. The maximum Gasteiger partial charge on any atom is 0.135 e. The van der Waals surface area contributed by atoms with Crippen LogP contribution in [0.3, 0.4) is 0 Å². The fourth-order valence-electron chi connectivity index (χ4n) is 4.70. The Bertz CT molecular complexity index is 961. The van der Waals surface area contributed by atoms with Crippen LogP contribution in [0.4, 0.5) is 0 Å². The van der Waals surface area contributed by atoms with Crippen molar-refractivity contribution in [3.63, 3.8) is 0 Å². The Balaban J connectivity index is 2.02. The van der Waals surface area contributed by atoms with Crippen LogP contribution in [0.5, 0.6) is 0 Å². The quantitative estimate of drug-likeness (QED) is 0.442. The highest BCUT2D eigenvalue weighted by Gasteiger charge is 2.42. The molecule has 3 aromatic rings. The maximum absolute atomic E-state index is 6.28. The molecule has 4 rings (SSSR count). The molecule has 0 spiro atoms. The van der Waals surface area contributed by atoms with Gasteiger partial charge in [-0.1, -0.05) is 60.6 Å². The number of hydrogen-bond acceptors (Lipinski definition) is 1. The van der Waals surface area contributed by atoms with E-state index in [4.69, 9.17) is 4.42 Å². The summed E-state index contributed by atoms with van der Waals surface area (Å²) in [5.41, 5.74) is 6.88. The van der Waals surface area contributed by atoms with Gasteiger partial charge in [0.25, 0.3) is 0 Å². The van der Waals surface area contributed by atoms with Crippen LogP contribution in [0.1, 0.15) is 71.6 Å². The van der Waals surface area contributed by atoms with Crippen molar-refractivity contribution in [3.8, 4) is 0 Å². The van der Waals surface area contributed by atoms with E-state index in [0.29, 0.717) is 0 Å². The maximum atomic E-state index is 6.28. The van der Waals surface area contributed by atoms with Crippen LogP contribution >= 0.6 is 0 Å². The first kappa shape index (κ1) is 15.7. The van der Waals surface area contributed by atoms with E-state index in [1.54, 1.807) is 0 Å². The van der Waals surface area contributed by atoms with Crippen molar-refractivity contribution < 1.29 is 4.42 Å². The molecule has 1 aromatic heterocycles. The van der Waals surface area contributed by atoms with Gasteiger partial charge in [-0.15, -0.1) is 0 Å². The summed E-state index contributed by atoms with van der Waals surface area (Å²) >= 11 is 0. The van der Waals surface area contributed by atoms with E-state index in [-0.39, 0.29) is 16.2 Å². The summed E-state index contributed by atoms with van der Waals surface area (Å²) in [5.74, 6) is 0. The van der Waals surface area contributed by atoms with Crippen LogP contribution in [0.2, 0.25) is 0 Å². The molecule has 0 atom stereocenters. The monoisotopic (exact) mass is 320 g/mol. The third-order valence-corrected chi connectivity index (χ3v) is 5.82. The third kappa shape index (κ3) is 2.13. The highest BCUT2D eigenvalue weighted by molar-refractivity contribution is 6.05. The Morgan fingerprint density at radius 2 is 1.38 bits per heavy atom. The lowest BCUT2D eigenvalue weighted by molar-refractivity contribution is 0.403. The summed E-state index contributed by atoms with van der Waals surface area (Å²) in [7, 11) is 0. The van der Waals surface area contributed by atoms with Gasteiger partial charge in [0.15, 0.2) is 0 Å². The number of rotatable bonds is 0. The van der Waals surface area contributed by atoms with Gasteiger partial charge in [-0.2, -0.15) is 0 Å². The van der Waals surface area contributed by atoms with Crippen LogP contribution in [-0.2, 0) is 16.2 Å². The molecule has 1 aliphatic carbocycles. The second-order valence-electron chi connectivity index (χ2n) is 9.90. The van der Waals surface area contributed by atoms with Crippen LogP contribution in [0.15, 0.2) is 34.7 Å². The summed E-state index contributed by atoms with van der Waals surface area (Å²) in [6.07, 6.45) is 1.19. The van der Waals surface area contributed by atoms with Gasteiger partial charge in [0, 0.05) is 10.8 Å². The van der Waals surface area contributed by atoms with E-state index >= 15 is 0 Å². The SMILES string of the molecule is CC(C)(C)c1ccc2c(c1)oc1cc3c(cc12)C(C)(C)CC3(C)C. The van der Waals surface area contributed by atoms with Gasteiger partial charge in [-0.05, 0) is 57.6 Å². The molecule has 1 nitrogen and oxygen atoms in total. The fraction of sp³-hybridized carbons (Fsp3) is 0.478. The van der Waals surface area contributed by atoms with Gasteiger partial charge in [0.1, 0.15) is 11.2 Å². The zero-order chi connectivity index (χ0) is 17.5. The van der Waals surface area contributed by atoms with Crippen molar-refractivity contribution >= 4 is 21.9 Å². The molecule has 1 aliphatic rings. The van der Waals surface area contributed by atoms with Gasteiger partial charge in [0.05, 0.1) is 0 Å². The molecule has 0 saturated carbocycles. The van der Waals surface area contributed by atoms with E-state index in [9.17, 15) is 0 Å². The average Bonchev–Trinajstić information content (AvgIpc) is 2.88. The summed E-state index contributed by atoms with van der Waals surface area (Å²) in [6.45, 7) is 16.2. The summed E-state index contributed by atoms with van der Waals surface area (Å²) < 4.78 is 6.28. The van der Waals surface area contributed by atoms with Gasteiger partial charge in [-0.3, -0.25) is 0 Å². The minimum Gasteiger partial charge on any atom is -0.456 e. The van der Waals surface area contributed by atoms with Crippen LogP contribution in [0, 0.1) is 0 Å². The van der Waals surface area contributed by atoms with Crippen molar-refractivity contribution in [2.24, 2.45) is 0 Å². The molecule has 0 aliphatic heterocycles. The molecule has 0 bridgehead atoms. The van der Waals surface area contributed by atoms with Gasteiger partial charge in [-0.25, -0.2) is 0 Å². The van der Waals surface area contributed by atoms with E-state index in [2.05, 4.69) is 78.8 Å². The molecule has 0 N–H and O–H groups in total. The average molecular weight is 320 g/mol. The normalized spacial score (nSPS) is 19.1. The highest BCUT2D eigenvalue weighted by atomic mass is 16.3. The zero-order valence-corrected chi connectivity index (χ0v) is 16.0. The Labute approximate surface area is 145 Å². The largest absolute Gasteiger partial charge is 0.456 e. The minimum absolute atomic E-state index is 0.138. The van der Waals surface area contributed by atoms with Crippen molar-refractivity contribution in [2.45, 2.75) is 71.1 Å². The lowest BCUT2D eigenvalue weighted by Gasteiger charge is -2.22. The molecular formula is C23H28O. The highest BCUT2D eigenvalue weighted by Crippen LogP contribution is 2.51. The fourth-order valence-corrected chi connectivity index (χ4v) is 4.70.